The van der Waals surface area contributed by atoms with Crippen LogP contribution in [0.1, 0.15) is 53.4 Å². The predicted octanol–water partition coefficient (Wildman–Crippen LogP) is 4.28. The zero-order valence-electron chi connectivity index (χ0n) is 15.8. The van der Waals surface area contributed by atoms with E-state index in [1.807, 2.05) is 19.9 Å². The lowest BCUT2D eigenvalue weighted by molar-refractivity contribution is -0.160. The second-order valence-electron chi connectivity index (χ2n) is 8.56. The number of hydrogen-bond donors (Lipinski definition) is 1. The molecule has 1 N–H and O–H groups in total. The van der Waals surface area contributed by atoms with E-state index in [0.29, 0.717) is 17.6 Å². The van der Waals surface area contributed by atoms with Crippen LogP contribution in [0.25, 0.3) is 0 Å². The van der Waals surface area contributed by atoms with Gasteiger partial charge in [0, 0.05) is 11.1 Å². The Balaban J connectivity index is 2.27. The summed E-state index contributed by atoms with van der Waals surface area (Å²) >= 11 is 0. The van der Waals surface area contributed by atoms with E-state index in [1.165, 1.54) is 7.11 Å². The molecule has 1 fully saturated rings. The molecule has 0 saturated heterocycles. The van der Waals surface area contributed by atoms with Gasteiger partial charge in [-0.1, -0.05) is 40.2 Å². The zero-order chi connectivity index (χ0) is 18.6. The van der Waals surface area contributed by atoms with Crippen molar-refractivity contribution in [2.24, 2.45) is 22.7 Å². The minimum Gasteiger partial charge on any atom is -0.504 e. The average Bonchev–Trinajstić information content (AvgIpc) is 2.55. The highest BCUT2D eigenvalue weighted by Crippen LogP contribution is 2.61. The van der Waals surface area contributed by atoms with Crippen LogP contribution in [0.2, 0.25) is 0 Å². The topological polar surface area (TPSA) is 63.6 Å². The molecule has 3 rings (SSSR count). The predicted molar refractivity (Wildman–Crippen MR) is 95.9 cm³/mol. The molecule has 136 valence electrons. The number of esters is 1. The van der Waals surface area contributed by atoms with Crippen LogP contribution in [0, 0.1) is 22.7 Å². The Morgan fingerprint density at radius 2 is 2.00 bits per heavy atom. The first kappa shape index (κ1) is 18.0. The number of ketones is 1. The standard InChI is InChI=1S/C21H28O4/c1-12(2)14-11-13-7-8-15-20(3,4)9-6-10-21(15,19(24)25-5)16(13)18(23)17(14)22/h7,11-12,15,23H,6,8-10H2,1-5H3/t15-,21+/m0/s1. The molecule has 0 aromatic heterocycles. The van der Waals surface area contributed by atoms with Crippen LogP contribution >= 0.6 is 0 Å². The Morgan fingerprint density at radius 1 is 1.32 bits per heavy atom. The number of aliphatic hydroxyl groups is 1. The summed E-state index contributed by atoms with van der Waals surface area (Å²) in [6.45, 7) is 8.22. The molecule has 4 nitrogen and oxygen atoms in total. The maximum absolute atomic E-state index is 13.0. The third kappa shape index (κ3) is 2.41. The molecule has 25 heavy (non-hydrogen) atoms. The minimum absolute atomic E-state index is 0.0175. The quantitative estimate of drug-likeness (QED) is 0.760. The summed E-state index contributed by atoms with van der Waals surface area (Å²) in [6.07, 6.45) is 7.21. The summed E-state index contributed by atoms with van der Waals surface area (Å²) in [7, 11) is 1.39. The van der Waals surface area contributed by atoms with E-state index < -0.39 is 5.41 Å². The van der Waals surface area contributed by atoms with E-state index in [9.17, 15) is 14.7 Å². The molecule has 1 saturated carbocycles. The molecule has 0 bridgehead atoms. The van der Waals surface area contributed by atoms with Gasteiger partial charge in [0.05, 0.1) is 7.11 Å². The van der Waals surface area contributed by atoms with Gasteiger partial charge in [0.25, 0.3) is 0 Å². The van der Waals surface area contributed by atoms with E-state index in [2.05, 4.69) is 19.9 Å². The summed E-state index contributed by atoms with van der Waals surface area (Å²) in [5.41, 5.74) is 0.922. The number of carbonyl (C=O) groups is 2. The van der Waals surface area contributed by atoms with Gasteiger partial charge >= 0.3 is 5.97 Å². The molecule has 0 radical (unpaired) electrons. The summed E-state index contributed by atoms with van der Waals surface area (Å²) < 4.78 is 5.21. The van der Waals surface area contributed by atoms with Crippen molar-refractivity contribution in [1.82, 2.24) is 0 Å². The molecule has 0 unspecified atom stereocenters. The van der Waals surface area contributed by atoms with Crippen molar-refractivity contribution < 1.29 is 19.4 Å². The van der Waals surface area contributed by atoms with Crippen LogP contribution in [0.4, 0.5) is 0 Å². The lowest BCUT2D eigenvalue weighted by Crippen LogP contribution is -2.53. The minimum atomic E-state index is -0.931. The third-order valence-electron chi connectivity index (χ3n) is 6.44. The lowest BCUT2D eigenvalue weighted by atomic mass is 9.49. The number of methoxy groups -OCH3 is 1. The fourth-order valence-corrected chi connectivity index (χ4v) is 5.18. The van der Waals surface area contributed by atoms with Gasteiger partial charge in [-0.05, 0) is 48.2 Å². The van der Waals surface area contributed by atoms with Crippen LogP contribution in [-0.2, 0) is 14.3 Å². The van der Waals surface area contributed by atoms with Crippen molar-refractivity contribution >= 4 is 11.8 Å². The van der Waals surface area contributed by atoms with Crippen LogP contribution in [0.3, 0.4) is 0 Å². The van der Waals surface area contributed by atoms with Crippen LogP contribution in [0.15, 0.2) is 34.6 Å². The monoisotopic (exact) mass is 344 g/mol. The Hall–Kier alpha value is -1.84. The number of carbonyl (C=O) groups excluding carboxylic acids is 2. The molecule has 4 heteroatoms. The number of aliphatic hydroxyl groups excluding tert-OH is 1. The SMILES string of the molecule is COC(=O)[C@]12CCCC(C)(C)[C@@H]1CC=C1C=C(C(C)C)C(=O)C(O)=C12. The molecule has 0 aromatic rings. The van der Waals surface area contributed by atoms with Gasteiger partial charge in [0.1, 0.15) is 5.41 Å². The van der Waals surface area contributed by atoms with Gasteiger partial charge in [-0.15, -0.1) is 0 Å². The van der Waals surface area contributed by atoms with E-state index in [0.717, 1.165) is 24.8 Å². The van der Waals surface area contributed by atoms with Gasteiger partial charge in [-0.2, -0.15) is 0 Å². The Morgan fingerprint density at radius 3 is 2.60 bits per heavy atom. The fraction of sp³-hybridized carbons (Fsp3) is 0.619. The number of rotatable bonds is 2. The highest BCUT2D eigenvalue weighted by atomic mass is 16.5. The summed E-state index contributed by atoms with van der Waals surface area (Å²) in [5.74, 6) is -0.901. The molecule has 0 aromatic carbocycles. The first-order chi connectivity index (χ1) is 11.7. The zero-order valence-corrected chi connectivity index (χ0v) is 15.8. The Bertz CT molecular complexity index is 720. The van der Waals surface area contributed by atoms with Gasteiger partial charge in [-0.25, -0.2) is 0 Å². The van der Waals surface area contributed by atoms with E-state index in [4.69, 9.17) is 4.74 Å². The second kappa shape index (κ2) is 5.86. The van der Waals surface area contributed by atoms with Crippen molar-refractivity contribution in [3.63, 3.8) is 0 Å². The molecular weight excluding hydrogens is 316 g/mol. The van der Waals surface area contributed by atoms with Gasteiger partial charge < -0.3 is 9.84 Å². The molecule has 0 spiro atoms. The van der Waals surface area contributed by atoms with Crippen molar-refractivity contribution in [3.8, 4) is 0 Å². The van der Waals surface area contributed by atoms with Crippen LogP contribution in [-0.4, -0.2) is 24.0 Å². The molecule has 0 amide bonds. The summed E-state index contributed by atoms with van der Waals surface area (Å²) in [5, 5.41) is 10.9. The van der Waals surface area contributed by atoms with E-state index in [1.54, 1.807) is 0 Å². The number of allylic oxidation sites excluding steroid dienone is 4. The van der Waals surface area contributed by atoms with Crippen molar-refractivity contribution in [2.45, 2.75) is 53.4 Å². The van der Waals surface area contributed by atoms with Gasteiger partial charge in [0.2, 0.25) is 5.78 Å². The molecule has 0 aliphatic heterocycles. The smallest absolute Gasteiger partial charge is 0.316 e. The van der Waals surface area contributed by atoms with E-state index >= 15 is 0 Å². The van der Waals surface area contributed by atoms with E-state index in [-0.39, 0.29) is 34.8 Å². The number of hydrogen-bond acceptors (Lipinski definition) is 4. The number of fused-ring (bicyclic) bond motifs is 3. The molecule has 3 aliphatic rings. The normalized spacial score (nSPS) is 31.1. The first-order valence-electron chi connectivity index (χ1n) is 9.15. The van der Waals surface area contributed by atoms with Crippen LogP contribution in [0.5, 0.6) is 0 Å². The number of ether oxygens (including phenoxy) is 1. The van der Waals surface area contributed by atoms with Crippen molar-refractivity contribution in [2.75, 3.05) is 7.11 Å². The van der Waals surface area contributed by atoms with Crippen molar-refractivity contribution in [1.29, 1.82) is 0 Å². The van der Waals surface area contributed by atoms with Crippen molar-refractivity contribution in [3.05, 3.63) is 34.6 Å². The average molecular weight is 344 g/mol. The highest BCUT2D eigenvalue weighted by molar-refractivity contribution is 6.11. The fourth-order valence-electron chi connectivity index (χ4n) is 5.18. The maximum atomic E-state index is 13.0. The highest BCUT2D eigenvalue weighted by Gasteiger charge is 2.60. The molecule has 0 heterocycles. The molecule has 2 atom stereocenters. The third-order valence-corrected chi connectivity index (χ3v) is 6.44. The Kier molecular flexibility index (Phi) is 4.21. The summed E-state index contributed by atoms with van der Waals surface area (Å²) in [4.78, 5) is 25.8. The number of Topliss-reactive ketones (excluding diaryl/α,β-unsaturated/α-hetero) is 1. The Labute approximate surface area is 149 Å². The van der Waals surface area contributed by atoms with Gasteiger partial charge in [0.15, 0.2) is 5.76 Å². The molecule has 3 aliphatic carbocycles. The first-order valence-corrected chi connectivity index (χ1v) is 9.15. The summed E-state index contributed by atoms with van der Waals surface area (Å²) in [6, 6.07) is 0. The second-order valence-corrected chi connectivity index (χ2v) is 8.56. The van der Waals surface area contributed by atoms with Crippen LogP contribution < -0.4 is 0 Å². The maximum Gasteiger partial charge on any atom is 0.316 e. The van der Waals surface area contributed by atoms with Gasteiger partial charge in [-0.3, -0.25) is 9.59 Å². The molecular formula is C21H28O4. The largest absolute Gasteiger partial charge is 0.504 e. The lowest BCUT2D eigenvalue weighted by Gasteiger charge is -2.54.